The lowest BCUT2D eigenvalue weighted by Crippen LogP contribution is -2.60. The van der Waals surface area contributed by atoms with Crippen LogP contribution in [0.1, 0.15) is 0 Å². The molecular weight excluding hydrogens is 368 g/mol. The Bertz CT molecular complexity index is 896. The highest BCUT2D eigenvalue weighted by molar-refractivity contribution is 7.85. The van der Waals surface area contributed by atoms with Crippen LogP contribution in [0.2, 0.25) is 0 Å². The number of fused-ring (bicyclic) bond motifs is 1. The zero-order valence-electron chi connectivity index (χ0n) is 13.3. The van der Waals surface area contributed by atoms with E-state index in [1.165, 1.54) is 24.3 Å². The lowest BCUT2D eigenvalue weighted by Gasteiger charge is -2.39. The molecule has 1 aliphatic heterocycles. The molecule has 2 aromatic carbocycles. The van der Waals surface area contributed by atoms with E-state index in [0.717, 1.165) is 0 Å². The first-order chi connectivity index (χ1) is 12.2. The topological polar surface area (TPSA) is 154 Å². The van der Waals surface area contributed by atoms with Gasteiger partial charge in [0.1, 0.15) is 30.2 Å². The summed E-state index contributed by atoms with van der Waals surface area (Å²) in [4.78, 5) is -0.243. The van der Waals surface area contributed by atoms with Crippen LogP contribution >= 0.6 is 0 Å². The van der Waals surface area contributed by atoms with Crippen molar-refractivity contribution in [2.24, 2.45) is 0 Å². The standard InChI is InChI=1S/C16H18O9S/c17-7-12-13(18)14(19)15(20)16(25-12)24-10-3-1-9-6-11(26(21,22)23)4-2-8(9)5-10/h1-6,12-20H,7H2,(H,21,22,23)/t12-,13-,14+,15-,16-/m1/s1. The second-order valence-electron chi connectivity index (χ2n) is 5.96. The molecule has 9 nitrogen and oxygen atoms in total. The second kappa shape index (κ2) is 7.08. The maximum Gasteiger partial charge on any atom is 0.294 e. The lowest BCUT2D eigenvalue weighted by molar-refractivity contribution is -0.277. The van der Waals surface area contributed by atoms with Gasteiger partial charge >= 0.3 is 0 Å². The first-order valence-electron chi connectivity index (χ1n) is 7.69. The molecule has 1 heterocycles. The normalized spacial score (nSPS) is 29.7. The fraction of sp³-hybridized carbons (Fsp3) is 0.375. The van der Waals surface area contributed by atoms with Gasteiger partial charge in [-0.25, -0.2) is 0 Å². The van der Waals surface area contributed by atoms with Gasteiger partial charge in [0.05, 0.1) is 11.5 Å². The Labute approximate surface area is 148 Å². The van der Waals surface area contributed by atoms with Gasteiger partial charge in [0, 0.05) is 0 Å². The third-order valence-electron chi connectivity index (χ3n) is 4.18. The van der Waals surface area contributed by atoms with Crippen molar-refractivity contribution in [2.45, 2.75) is 35.6 Å². The van der Waals surface area contributed by atoms with Crippen LogP contribution in [0, 0.1) is 0 Å². The Kier molecular flexibility index (Phi) is 5.17. The highest BCUT2D eigenvalue weighted by Crippen LogP contribution is 2.27. The summed E-state index contributed by atoms with van der Waals surface area (Å²) in [7, 11) is -4.31. The number of rotatable bonds is 4. The first-order valence-corrected chi connectivity index (χ1v) is 9.13. The van der Waals surface area contributed by atoms with Gasteiger partial charge in [-0.1, -0.05) is 12.1 Å². The predicted octanol–water partition coefficient (Wildman–Crippen LogP) is -0.735. The fourth-order valence-electron chi connectivity index (χ4n) is 2.73. The summed E-state index contributed by atoms with van der Waals surface area (Å²) in [5.41, 5.74) is 0. The third kappa shape index (κ3) is 3.67. The second-order valence-corrected chi connectivity index (χ2v) is 7.38. The van der Waals surface area contributed by atoms with E-state index in [0.29, 0.717) is 10.8 Å². The molecular formula is C16H18O9S. The molecule has 1 fully saturated rings. The number of hydrogen-bond acceptors (Lipinski definition) is 8. The van der Waals surface area contributed by atoms with Gasteiger partial charge in [-0.05, 0) is 35.0 Å². The molecule has 1 saturated heterocycles. The summed E-state index contributed by atoms with van der Waals surface area (Å²) in [6, 6.07) is 8.57. The number of aliphatic hydroxyl groups is 4. The van der Waals surface area contributed by atoms with Crippen LogP contribution in [0.25, 0.3) is 10.8 Å². The minimum Gasteiger partial charge on any atom is -0.462 e. The van der Waals surface area contributed by atoms with E-state index >= 15 is 0 Å². The molecule has 0 radical (unpaired) electrons. The van der Waals surface area contributed by atoms with Crippen molar-refractivity contribution in [3.05, 3.63) is 36.4 Å². The molecule has 5 atom stereocenters. The van der Waals surface area contributed by atoms with Crippen LogP contribution in [0.3, 0.4) is 0 Å². The van der Waals surface area contributed by atoms with Crippen molar-refractivity contribution in [1.82, 2.24) is 0 Å². The molecule has 0 amide bonds. The molecule has 0 saturated carbocycles. The minimum atomic E-state index is -4.31. The highest BCUT2D eigenvalue weighted by atomic mass is 32.2. The summed E-state index contributed by atoms with van der Waals surface area (Å²) in [6.45, 7) is -0.569. The van der Waals surface area contributed by atoms with Crippen molar-refractivity contribution in [1.29, 1.82) is 0 Å². The van der Waals surface area contributed by atoms with Crippen LogP contribution in [0.5, 0.6) is 5.75 Å². The average Bonchev–Trinajstić information content (AvgIpc) is 2.61. The van der Waals surface area contributed by atoms with E-state index in [1.807, 2.05) is 0 Å². The van der Waals surface area contributed by atoms with Crippen LogP contribution < -0.4 is 4.74 Å². The van der Waals surface area contributed by atoms with Gasteiger partial charge in [-0.2, -0.15) is 8.42 Å². The zero-order valence-corrected chi connectivity index (χ0v) is 14.2. The van der Waals surface area contributed by atoms with Crippen molar-refractivity contribution >= 4 is 20.9 Å². The molecule has 5 N–H and O–H groups in total. The van der Waals surface area contributed by atoms with E-state index in [2.05, 4.69) is 0 Å². The number of hydrogen-bond donors (Lipinski definition) is 5. The van der Waals surface area contributed by atoms with E-state index in [-0.39, 0.29) is 10.6 Å². The van der Waals surface area contributed by atoms with E-state index < -0.39 is 47.4 Å². The maximum atomic E-state index is 11.2. The van der Waals surface area contributed by atoms with E-state index in [4.69, 9.17) is 14.0 Å². The van der Waals surface area contributed by atoms with Gasteiger partial charge in [0.15, 0.2) is 0 Å². The molecule has 0 aliphatic carbocycles. The van der Waals surface area contributed by atoms with Gasteiger partial charge in [-0.3, -0.25) is 4.55 Å². The molecule has 1 aliphatic rings. The summed E-state index contributed by atoms with van der Waals surface area (Å²) in [5, 5.41) is 39.8. The predicted molar refractivity (Wildman–Crippen MR) is 88.2 cm³/mol. The lowest BCUT2D eigenvalue weighted by atomic mass is 9.99. The Morgan fingerprint density at radius 3 is 2.27 bits per heavy atom. The molecule has 0 unspecified atom stereocenters. The van der Waals surface area contributed by atoms with Crippen molar-refractivity contribution in [3.8, 4) is 5.75 Å². The van der Waals surface area contributed by atoms with Crippen LogP contribution in [0.15, 0.2) is 41.3 Å². The van der Waals surface area contributed by atoms with Gasteiger partial charge in [0.25, 0.3) is 10.1 Å². The molecule has 26 heavy (non-hydrogen) atoms. The summed E-state index contributed by atoms with van der Waals surface area (Å²) >= 11 is 0. The molecule has 0 spiro atoms. The molecule has 142 valence electrons. The summed E-state index contributed by atoms with van der Waals surface area (Å²) in [5.74, 6) is 0.251. The van der Waals surface area contributed by atoms with E-state index in [9.17, 15) is 28.8 Å². The maximum absolute atomic E-state index is 11.2. The van der Waals surface area contributed by atoms with Gasteiger partial charge in [0.2, 0.25) is 6.29 Å². The number of benzene rings is 2. The van der Waals surface area contributed by atoms with E-state index in [1.54, 1.807) is 12.1 Å². The van der Waals surface area contributed by atoms with Crippen molar-refractivity contribution in [2.75, 3.05) is 6.61 Å². The Morgan fingerprint density at radius 2 is 1.62 bits per heavy atom. The highest BCUT2D eigenvalue weighted by Gasteiger charge is 2.44. The van der Waals surface area contributed by atoms with Gasteiger partial charge < -0.3 is 29.9 Å². The third-order valence-corrected chi connectivity index (χ3v) is 5.03. The monoisotopic (exact) mass is 386 g/mol. The molecule has 0 bridgehead atoms. The smallest absolute Gasteiger partial charge is 0.294 e. The summed E-state index contributed by atoms with van der Waals surface area (Å²) in [6.07, 6.45) is -6.98. The zero-order chi connectivity index (χ0) is 19.1. The Balaban J connectivity index is 1.84. The van der Waals surface area contributed by atoms with Crippen LogP contribution in [0.4, 0.5) is 0 Å². The van der Waals surface area contributed by atoms with Crippen LogP contribution in [-0.4, -0.2) is 70.7 Å². The van der Waals surface area contributed by atoms with Crippen molar-refractivity contribution in [3.63, 3.8) is 0 Å². The Hall–Kier alpha value is -1.79. The Morgan fingerprint density at radius 1 is 0.962 bits per heavy atom. The summed E-state index contributed by atoms with van der Waals surface area (Å²) < 4.78 is 42.2. The molecule has 10 heteroatoms. The number of ether oxygens (including phenoxy) is 2. The molecule has 0 aromatic heterocycles. The molecule has 3 rings (SSSR count). The minimum absolute atomic E-state index is 0.243. The SMILES string of the molecule is O=S(=O)(O)c1ccc2cc(O[C@@H]3O[C@H](CO)[C@@H](O)[C@H](O)[C@H]3O)ccc2c1. The van der Waals surface area contributed by atoms with Crippen molar-refractivity contribution < 1.29 is 42.9 Å². The largest absolute Gasteiger partial charge is 0.462 e. The number of aliphatic hydroxyl groups excluding tert-OH is 4. The quantitative estimate of drug-likeness (QED) is 0.428. The van der Waals surface area contributed by atoms with Crippen LogP contribution in [-0.2, 0) is 14.9 Å². The van der Waals surface area contributed by atoms with Gasteiger partial charge in [-0.15, -0.1) is 0 Å². The fourth-order valence-corrected chi connectivity index (χ4v) is 3.25. The average molecular weight is 386 g/mol. The molecule has 2 aromatic rings. The first kappa shape index (κ1) is 19.0.